The van der Waals surface area contributed by atoms with Gasteiger partial charge in [0.25, 0.3) is 5.91 Å². The smallest absolute Gasteiger partial charge is 0.343 e. The molecule has 4 rings (SSSR count). The number of carbonyl (C=O) groups is 2. The van der Waals surface area contributed by atoms with E-state index in [2.05, 4.69) is 10.5 Å². The molecule has 1 N–H and O–H groups in total. The van der Waals surface area contributed by atoms with Gasteiger partial charge in [-0.1, -0.05) is 65.1 Å². The predicted octanol–water partition coefficient (Wildman–Crippen LogP) is 6.78. The molecular formula is C25H15Cl3N2O3. The van der Waals surface area contributed by atoms with Crippen molar-refractivity contribution in [3.8, 4) is 5.75 Å². The maximum atomic E-state index is 12.6. The molecule has 4 aromatic rings. The lowest BCUT2D eigenvalue weighted by Gasteiger charge is -2.11. The summed E-state index contributed by atoms with van der Waals surface area (Å²) in [5.41, 5.74) is 3.54. The van der Waals surface area contributed by atoms with E-state index in [0.717, 1.165) is 10.8 Å². The van der Waals surface area contributed by atoms with Gasteiger partial charge < -0.3 is 4.74 Å². The van der Waals surface area contributed by atoms with Crippen molar-refractivity contribution in [3.63, 3.8) is 0 Å². The molecule has 164 valence electrons. The summed E-state index contributed by atoms with van der Waals surface area (Å²) in [6.45, 7) is 0. The van der Waals surface area contributed by atoms with E-state index >= 15 is 0 Å². The average Bonchev–Trinajstić information content (AvgIpc) is 2.80. The zero-order chi connectivity index (χ0) is 23.4. The number of amides is 1. The van der Waals surface area contributed by atoms with Gasteiger partial charge >= 0.3 is 5.97 Å². The molecule has 0 heterocycles. The highest BCUT2D eigenvalue weighted by Crippen LogP contribution is 2.28. The Morgan fingerprint density at radius 3 is 2.33 bits per heavy atom. The number of esters is 1. The second kappa shape index (κ2) is 10.0. The van der Waals surface area contributed by atoms with E-state index in [1.807, 2.05) is 30.3 Å². The number of hydrogen-bond acceptors (Lipinski definition) is 4. The van der Waals surface area contributed by atoms with Crippen LogP contribution in [0.5, 0.6) is 5.75 Å². The summed E-state index contributed by atoms with van der Waals surface area (Å²) in [5, 5.41) is 6.91. The Morgan fingerprint density at radius 2 is 1.58 bits per heavy atom. The van der Waals surface area contributed by atoms with Crippen molar-refractivity contribution in [3.05, 3.63) is 111 Å². The van der Waals surface area contributed by atoms with E-state index in [4.69, 9.17) is 39.5 Å². The second-order valence-corrected chi connectivity index (χ2v) is 8.20. The first-order valence-electron chi connectivity index (χ1n) is 9.70. The molecule has 1 amide bonds. The van der Waals surface area contributed by atoms with Crippen molar-refractivity contribution in [2.24, 2.45) is 5.10 Å². The van der Waals surface area contributed by atoms with Crippen LogP contribution < -0.4 is 10.2 Å². The minimum atomic E-state index is -0.548. The Labute approximate surface area is 204 Å². The minimum Gasteiger partial charge on any atom is -0.422 e. The number of ether oxygens (including phenoxy) is 1. The zero-order valence-electron chi connectivity index (χ0n) is 16.9. The van der Waals surface area contributed by atoms with Gasteiger partial charge in [-0.05, 0) is 59.3 Å². The Balaban J connectivity index is 1.63. The molecule has 0 bridgehead atoms. The van der Waals surface area contributed by atoms with E-state index in [9.17, 15) is 9.59 Å². The number of halogens is 3. The molecule has 0 aliphatic heterocycles. The number of hydrazone groups is 1. The number of fused-ring (bicyclic) bond motifs is 1. The molecule has 0 unspecified atom stereocenters. The lowest BCUT2D eigenvalue weighted by atomic mass is 10.0. The molecule has 0 saturated carbocycles. The standard InChI is InChI=1S/C25H15Cl3N2O3/c26-17-8-5-16(6-9-17)25(32)33-23-12-7-15-3-1-2-4-19(15)21(23)14-29-30-24(31)20-11-10-18(27)13-22(20)28/h1-14H,(H,30,31). The summed E-state index contributed by atoms with van der Waals surface area (Å²) in [6, 6.07) is 22.0. The molecule has 0 aromatic heterocycles. The number of hydrogen-bond donors (Lipinski definition) is 1. The summed E-state index contributed by atoms with van der Waals surface area (Å²) in [7, 11) is 0. The van der Waals surface area contributed by atoms with Crippen molar-refractivity contribution in [1.82, 2.24) is 5.43 Å². The van der Waals surface area contributed by atoms with Crippen LogP contribution in [-0.4, -0.2) is 18.1 Å². The van der Waals surface area contributed by atoms with Crippen LogP contribution in [0.25, 0.3) is 10.8 Å². The van der Waals surface area contributed by atoms with E-state index in [1.54, 1.807) is 36.4 Å². The Morgan fingerprint density at radius 1 is 0.848 bits per heavy atom. The summed E-state index contributed by atoms with van der Waals surface area (Å²) in [4.78, 5) is 25.1. The highest BCUT2D eigenvalue weighted by atomic mass is 35.5. The molecular weight excluding hydrogens is 483 g/mol. The van der Waals surface area contributed by atoms with Gasteiger partial charge in [0.05, 0.1) is 22.4 Å². The van der Waals surface area contributed by atoms with Gasteiger partial charge in [0.2, 0.25) is 0 Å². The van der Waals surface area contributed by atoms with Gasteiger partial charge in [-0.15, -0.1) is 0 Å². The molecule has 0 radical (unpaired) electrons. The first kappa shape index (κ1) is 22.8. The highest BCUT2D eigenvalue weighted by molar-refractivity contribution is 6.36. The number of rotatable bonds is 5. The van der Waals surface area contributed by atoms with Crippen molar-refractivity contribution in [2.45, 2.75) is 0 Å². The maximum absolute atomic E-state index is 12.6. The second-order valence-electron chi connectivity index (χ2n) is 6.92. The van der Waals surface area contributed by atoms with E-state index in [-0.39, 0.29) is 16.3 Å². The number of nitrogens with one attached hydrogen (secondary N) is 1. The Bertz CT molecular complexity index is 1390. The van der Waals surface area contributed by atoms with Crippen molar-refractivity contribution < 1.29 is 14.3 Å². The van der Waals surface area contributed by atoms with Crippen LogP contribution in [0.3, 0.4) is 0 Å². The zero-order valence-corrected chi connectivity index (χ0v) is 19.2. The van der Waals surface area contributed by atoms with Crippen LogP contribution in [0, 0.1) is 0 Å². The third-order valence-electron chi connectivity index (χ3n) is 4.75. The van der Waals surface area contributed by atoms with Crippen LogP contribution in [0.4, 0.5) is 0 Å². The van der Waals surface area contributed by atoms with Gasteiger partial charge in [-0.3, -0.25) is 4.79 Å². The van der Waals surface area contributed by atoms with Crippen molar-refractivity contribution >= 4 is 63.7 Å². The molecule has 8 heteroatoms. The van der Waals surface area contributed by atoms with Crippen molar-refractivity contribution in [1.29, 1.82) is 0 Å². The fourth-order valence-corrected chi connectivity index (χ4v) is 3.75. The first-order chi connectivity index (χ1) is 15.9. The van der Waals surface area contributed by atoms with Gasteiger partial charge in [-0.2, -0.15) is 5.10 Å². The molecule has 4 aromatic carbocycles. The molecule has 33 heavy (non-hydrogen) atoms. The first-order valence-corrected chi connectivity index (χ1v) is 10.8. The SMILES string of the molecule is O=C(Oc1ccc2ccccc2c1C=NNC(=O)c1ccc(Cl)cc1Cl)c1ccc(Cl)cc1. The lowest BCUT2D eigenvalue weighted by molar-refractivity contribution is 0.0734. The normalized spacial score (nSPS) is 11.0. The largest absolute Gasteiger partial charge is 0.422 e. The van der Waals surface area contributed by atoms with Gasteiger partial charge in [0, 0.05) is 15.6 Å². The molecule has 0 aliphatic rings. The summed E-state index contributed by atoms with van der Waals surface area (Å²) in [6.07, 6.45) is 1.43. The molecule has 0 atom stereocenters. The Hall–Kier alpha value is -3.38. The molecule has 5 nitrogen and oxygen atoms in total. The van der Waals surface area contributed by atoms with E-state index in [0.29, 0.717) is 21.2 Å². The average molecular weight is 498 g/mol. The summed E-state index contributed by atoms with van der Waals surface area (Å²) < 4.78 is 5.63. The third kappa shape index (κ3) is 5.34. The van der Waals surface area contributed by atoms with Crippen LogP contribution in [0.2, 0.25) is 15.1 Å². The monoisotopic (exact) mass is 496 g/mol. The number of carbonyl (C=O) groups excluding carboxylic acids is 2. The molecule has 0 aliphatic carbocycles. The molecule has 0 spiro atoms. The maximum Gasteiger partial charge on any atom is 0.343 e. The lowest BCUT2D eigenvalue weighted by Crippen LogP contribution is -2.18. The van der Waals surface area contributed by atoms with Gasteiger partial charge in [0.1, 0.15) is 5.75 Å². The number of benzene rings is 4. The third-order valence-corrected chi connectivity index (χ3v) is 5.55. The Kier molecular flexibility index (Phi) is 6.94. The van der Waals surface area contributed by atoms with Gasteiger partial charge in [0.15, 0.2) is 0 Å². The van der Waals surface area contributed by atoms with Crippen LogP contribution >= 0.6 is 34.8 Å². The van der Waals surface area contributed by atoms with Crippen LogP contribution in [0.15, 0.2) is 84.0 Å². The quantitative estimate of drug-likeness (QED) is 0.143. The predicted molar refractivity (Wildman–Crippen MR) is 132 cm³/mol. The molecule has 0 fully saturated rings. The van der Waals surface area contributed by atoms with Crippen LogP contribution in [-0.2, 0) is 0 Å². The fraction of sp³-hybridized carbons (Fsp3) is 0. The van der Waals surface area contributed by atoms with Crippen molar-refractivity contribution in [2.75, 3.05) is 0 Å². The highest BCUT2D eigenvalue weighted by Gasteiger charge is 2.14. The topological polar surface area (TPSA) is 67.8 Å². The van der Waals surface area contributed by atoms with Gasteiger partial charge in [-0.25, -0.2) is 10.2 Å². The number of nitrogens with zero attached hydrogens (tertiary/aromatic N) is 1. The van der Waals surface area contributed by atoms with E-state index in [1.165, 1.54) is 18.3 Å². The van der Waals surface area contributed by atoms with E-state index < -0.39 is 11.9 Å². The molecule has 0 saturated heterocycles. The summed E-state index contributed by atoms with van der Waals surface area (Å²) >= 11 is 17.9. The summed E-state index contributed by atoms with van der Waals surface area (Å²) in [5.74, 6) is -0.766. The fourth-order valence-electron chi connectivity index (χ4n) is 3.13. The minimum absolute atomic E-state index is 0.206. The van der Waals surface area contributed by atoms with Crippen LogP contribution in [0.1, 0.15) is 26.3 Å².